The van der Waals surface area contributed by atoms with Gasteiger partial charge in [-0.3, -0.25) is 0 Å². The summed E-state index contributed by atoms with van der Waals surface area (Å²) in [7, 11) is 0. The second-order valence-corrected chi connectivity index (χ2v) is 7.24. The van der Waals surface area contributed by atoms with Gasteiger partial charge in [-0.1, -0.05) is 11.6 Å². The van der Waals surface area contributed by atoms with Gasteiger partial charge in [-0.25, -0.2) is 4.79 Å². The van der Waals surface area contributed by atoms with E-state index in [4.69, 9.17) is 4.74 Å². The topological polar surface area (TPSA) is 45.3 Å². The second-order valence-electron chi connectivity index (χ2n) is 7.24. The molecule has 0 atom stereocenters. The van der Waals surface area contributed by atoms with E-state index < -0.39 is 5.60 Å². The van der Waals surface area contributed by atoms with Crippen LogP contribution >= 0.6 is 0 Å². The average molecular weight is 300 g/mol. The summed E-state index contributed by atoms with van der Waals surface area (Å²) >= 11 is 0. The monoisotopic (exact) mass is 300 g/mol. The SMILES string of the molecule is Cc1cc(C)c2[nH]c3c(c2c1)CN(C(=O)OC(C)(C)C)CC3. The van der Waals surface area contributed by atoms with Crippen LogP contribution in [0.1, 0.15) is 43.2 Å². The minimum atomic E-state index is -0.454. The van der Waals surface area contributed by atoms with E-state index in [0.717, 1.165) is 6.42 Å². The number of hydrogen-bond donors (Lipinski definition) is 1. The molecule has 1 amide bonds. The highest BCUT2D eigenvalue weighted by Crippen LogP contribution is 2.31. The number of H-pyrrole nitrogens is 1. The molecule has 1 aliphatic rings. The van der Waals surface area contributed by atoms with E-state index in [2.05, 4.69) is 31.0 Å². The molecule has 4 heteroatoms. The number of carbonyl (C=O) groups is 1. The van der Waals surface area contributed by atoms with Crippen molar-refractivity contribution in [1.82, 2.24) is 9.88 Å². The summed E-state index contributed by atoms with van der Waals surface area (Å²) in [4.78, 5) is 17.7. The molecule has 0 unspecified atom stereocenters. The summed E-state index contributed by atoms with van der Waals surface area (Å²) in [5.74, 6) is 0. The molecule has 0 bridgehead atoms. The number of aryl methyl sites for hydroxylation is 2. The number of aromatic amines is 1. The van der Waals surface area contributed by atoms with E-state index in [1.807, 2.05) is 20.8 Å². The van der Waals surface area contributed by atoms with Gasteiger partial charge in [0.15, 0.2) is 0 Å². The van der Waals surface area contributed by atoms with Gasteiger partial charge in [0, 0.05) is 35.1 Å². The van der Waals surface area contributed by atoms with E-state index in [1.54, 1.807) is 4.90 Å². The molecule has 1 aromatic heterocycles. The summed E-state index contributed by atoms with van der Waals surface area (Å²) in [6.45, 7) is 11.3. The predicted octanol–water partition coefficient (Wildman–Crippen LogP) is 4.08. The van der Waals surface area contributed by atoms with Crippen LogP contribution in [0, 0.1) is 13.8 Å². The Hall–Kier alpha value is -1.97. The lowest BCUT2D eigenvalue weighted by Gasteiger charge is -2.30. The lowest BCUT2D eigenvalue weighted by molar-refractivity contribution is 0.0224. The van der Waals surface area contributed by atoms with Crippen LogP contribution in [-0.4, -0.2) is 28.1 Å². The van der Waals surface area contributed by atoms with Crippen molar-refractivity contribution in [2.45, 2.75) is 53.2 Å². The highest BCUT2D eigenvalue weighted by atomic mass is 16.6. The average Bonchev–Trinajstić information content (AvgIpc) is 2.75. The van der Waals surface area contributed by atoms with Gasteiger partial charge in [0.05, 0.1) is 6.54 Å². The zero-order valence-electron chi connectivity index (χ0n) is 14.0. The fraction of sp³-hybridized carbons (Fsp3) is 0.500. The molecule has 0 saturated carbocycles. The van der Waals surface area contributed by atoms with E-state index in [9.17, 15) is 4.79 Å². The number of ether oxygens (including phenoxy) is 1. The molecule has 22 heavy (non-hydrogen) atoms. The molecule has 0 aliphatic carbocycles. The maximum Gasteiger partial charge on any atom is 0.410 e. The molecule has 0 fully saturated rings. The number of hydrogen-bond acceptors (Lipinski definition) is 2. The summed E-state index contributed by atoms with van der Waals surface area (Å²) < 4.78 is 5.51. The normalized spacial score (nSPS) is 15.0. The third-order valence-electron chi connectivity index (χ3n) is 4.08. The van der Waals surface area contributed by atoms with Crippen LogP contribution < -0.4 is 0 Å². The number of nitrogens with zero attached hydrogens (tertiary/aromatic N) is 1. The number of fused-ring (bicyclic) bond motifs is 3. The van der Waals surface area contributed by atoms with E-state index in [1.165, 1.54) is 33.3 Å². The Balaban J connectivity index is 1.94. The number of aromatic nitrogens is 1. The molecule has 1 N–H and O–H groups in total. The maximum atomic E-state index is 12.3. The fourth-order valence-corrected chi connectivity index (χ4v) is 3.15. The first-order valence-electron chi connectivity index (χ1n) is 7.83. The molecule has 1 aromatic carbocycles. The number of amides is 1. The molecule has 0 saturated heterocycles. The Labute approximate surface area is 131 Å². The molecule has 4 nitrogen and oxygen atoms in total. The van der Waals surface area contributed by atoms with Gasteiger partial charge in [0.25, 0.3) is 0 Å². The van der Waals surface area contributed by atoms with Gasteiger partial charge in [-0.2, -0.15) is 0 Å². The van der Waals surface area contributed by atoms with Gasteiger partial charge < -0.3 is 14.6 Å². The third kappa shape index (κ3) is 2.70. The van der Waals surface area contributed by atoms with Gasteiger partial charge in [-0.15, -0.1) is 0 Å². The Morgan fingerprint density at radius 1 is 1.27 bits per heavy atom. The largest absolute Gasteiger partial charge is 0.444 e. The third-order valence-corrected chi connectivity index (χ3v) is 4.08. The van der Waals surface area contributed by atoms with Crippen LogP contribution in [0.5, 0.6) is 0 Å². The molecule has 0 radical (unpaired) electrons. The lowest BCUT2D eigenvalue weighted by Crippen LogP contribution is -2.39. The summed E-state index contributed by atoms with van der Waals surface area (Å²) in [5, 5.41) is 1.24. The van der Waals surface area contributed by atoms with Crippen LogP contribution in [0.4, 0.5) is 4.79 Å². The molecule has 2 heterocycles. The van der Waals surface area contributed by atoms with Gasteiger partial charge in [0.1, 0.15) is 5.60 Å². The van der Waals surface area contributed by atoms with Crippen molar-refractivity contribution in [3.05, 3.63) is 34.5 Å². The minimum absolute atomic E-state index is 0.225. The molecule has 2 aromatic rings. The quantitative estimate of drug-likeness (QED) is 0.797. The zero-order chi connectivity index (χ0) is 16.1. The fourth-order valence-electron chi connectivity index (χ4n) is 3.15. The minimum Gasteiger partial charge on any atom is -0.444 e. The molecular weight excluding hydrogens is 276 g/mol. The Kier molecular flexibility index (Phi) is 3.42. The van der Waals surface area contributed by atoms with Crippen molar-refractivity contribution in [3.63, 3.8) is 0 Å². The number of nitrogens with one attached hydrogen (secondary N) is 1. The lowest BCUT2D eigenvalue weighted by atomic mass is 10.0. The maximum absolute atomic E-state index is 12.3. The van der Waals surface area contributed by atoms with Crippen LogP contribution in [0.15, 0.2) is 12.1 Å². The van der Waals surface area contributed by atoms with E-state index in [-0.39, 0.29) is 6.09 Å². The zero-order valence-corrected chi connectivity index (χ0v) is 14.0. The highest BCUT2D eigenvalue weighted by molar-refractivity contribution is 5.88. The highest BCUT2D eigenvalue weighted by Gasteiger charge is 2.27. The number of benzene rings is 1. The first-order chi connectivity index (χ1) is 10.2. The molecule has 1 aliphatic heterocycles. The first kappa shape index (κ1) is 14.9. The van der Waals surface area contributed by atoms with Gasteiger partial charge >= 0.3 is 6.09 Å². The predicted molar refractivity (Wildman–Crippen MR) is 88.1 cm³/mol. The van der Waals surface area contributed by atoms with Gasteiger partial charge in [-0.05, 0) is 46.2 Å². The van der Waals surface area contributed by atoms with Crippen LogP contribution in [0.2, 0.25) is 0 Å². The van der Waals surface area contributed by atoms with Gasteiger partial charge in [0.2, 0.25) is 0 Å². The summed E-state index contributed by atoms with van der Waals surface area (Å²) in [6, 6.07) is 4.40. The smallest absolute Gasteiger partial charge is 0.410 e. The van der Waals surface area contributed by atoms with Crippen molar-refractivity contribution >= 4 is 17.0 Å². The molecular formula is C18H24N2O2. The van der Waals surface area contributed by atoms with E-state index in [0.29, 0.717) is 13.1 Å². The number of carbonyl (C=O) groups excluding carboxylic acids is 1. The molecule has 3 rings (SSSR count). The van der Waals surface area contributed by atoms with Crippen molar-refractivity contribution < 1.29 is 9.53 Å². The van der Waals surface area contributed by atoms with Crippen molar-refractivity contribution in [3.8, 4) is 0 Å². The number of rotatable bonds is 0. The summed E-state index contributed by atoms with van der Waals surface area (Å²) in [5.41, 5.74) is 5.74. The first-order valence-corrected chi connectivity index (χ1v) is 7.83. The van der Waals surface area contributed by atoms with Crippen LogP contribution in [-0.2, 0) is 17.7 Å². The van der Waals surface area contributed by atoms with Crippen LogP contribution in [0.3, 0.4) is 0 Å². The second kappa shape index (κ2) is 5.04. The Morgan fingerprint density at radius 3 is 2.68 bits per heavy atom. The summed E-state index contributed by atoms with van der Waals surface area (Å²) in [6.07, 6.45) is 0.624. The Morgan fingerprint density at radius 2 is 2.00 bits per heavy atom. The van der Waals surface area contributed by atoms with E-state index >= 15 is 0 Å². The molecule has 118 valence electrons. The molecule has 0 spiro atoms. The van der Waals surface area contributed by atoms with Crippen molar-refractivity contribution in [2.24, 2.45) is 0 Å². The standard InChI is InChI=1S/C18H24N2O2/c1-11-8-12(2)16-13(9-11)14-10-20(7-6-15(14)19-16)17(21)22-18(3,4)5/h8-9,19H,6-7,10H2,1-5H3. The van der Waals surface area contributed by atoms with Crippen LogP contribution in [0.25, 0.3) is 10.9 Å². The van der Waals surface area contributed by atoms with Crippen molar-refractivity contribution in [2.75, 3.05) is 6.54 Å². The van der Waals surface area contributed by atoms with Crippen molar-refractivity contribution in [1.29, 1.82) is 0 Å². The Bertz CT molecular complexity index is 738.